The molecule has 7 nitrogen and oxygen atoms in total. The van der Waals surface area contributed by atoms with Crippen molar-refractivity contribution in [3.63, 3.8) is 0 Å². The van der Waals surface area contributed by atoms with Gasteiger partial charge in [0.2, 0.25) is 5.91 Å². The number of likely N-dealkylation sites (tertiary alicyclic amines) is 1. The zero-order valence-corrected chi connectivity index (χ0v) is 17.2. The molecule has 1 spiro atoms. The largest absolute Gasteiger partial charge is 0.351 e. The van der Waals surface area contributed by atoms with E-state index in [0.717, 1.165) is 5.56 Å². The van der Waals surface area contributed by atoms with Crippen LogP contribution in [0.25, 0.3) is 11.3 Å². The number of amides is 2. The fourth-order valence-corrected chi connectivity index (χ4v) is 5.48. The molecular formula is C24H21FN4O3. The average Bonchev–Trinajstić information content (AvgIpc) is 3.55. The first-order chi connectivity index (χ1) is 15.6. The van der Waals surface area contributed by atoms with E-state index in [9.17, 15) is 14.0 Å². The Labute approximate surface area is 183 Å². The van der Waals surface area contributed by atoms with Crippen LogP contribution in [-0.4, -0.2) is 56.7 Å². The summed E-state index contributed by atoms with van der Waals surface area (Å²) in [6.45, 7) is 0.886. The van der Waals surface area contributed by atoms with Gasteiger partial charge in [-0.1, -0.05) is 42.5 Å². The van der Waals surface area contributed by atoms with Gasteiger partial charge >= 0.3 is 0 Å². The molecule has 3 aromatic rings. The van der Waals surface area contributed by atoms with Gasteiger partial charge in [0, 0.05) is 18.5 Å². The van der Waals surface area contributed by atoms with Crippen LogP contribution in [0.2, 0.25) is 0 Å². The Balaban J connectivity index is 1.32. The van der Waals surface area contributed by atoms with Gasteiger partial charge in [-0.15, -0.1) is 0 Å². The number of benzene rings is 2. The fraction of sp³-hybridized carbons (Fsp3) is 0.292. The zero-order valence-electron chi connectivity index (χ0n) is 17.2. The van der Waals surface area contributed by atoms with Gasteiger partial charge in [0.1, 0.15) is 5.82 Å². The summed E-state index contributed by atoms with van der Waals surface area (Å²) < 4.78 is 20.0. The predicted octanol–water partition coefficient (Wildman–Crippen LogP) is 3.13. The van der Waals surface area contributed by atoms with Crippen LogP contribution in [0.1, 0.15) is 34.8 Å². The quantitative estimate of drug-likeness (QED) is 0.690. The molecule has 0 saturated carbocycles. The lowest BCUT2D eigenvalue weighted by Crippen LogP contribution is -2.49. The lowest BCUT2D eigenvalue weighted by atomic mass is 10.0. The van der Waals surface area contributed by atoms with Crippen LogP contribution < -0.4 is 0 Å². The van der Waals surface area contributed by atoms with Gasteiger partial charge in [0.15, 0.2) is 5.72 Å². The van der Waals surface area contributed by atoms with Gasteiger partial charge < -0.3 is 14.5 Å². The molecule has 2 aromatic carbocycles. The number of nitrogens with zero attached hydrogens (tertiary/aromatic N) is 3. The second-order valence-electron chi connectivity index (χ2n) is 8.48. The average molecular weight is 432 g/mol. The smallest absolute Gasteiger partial charge is 0.258 e. The van der Waals surface area contributed by atoms with Crippen molar-refractivity contribution in [2.45, 2.75) is 30.7 Å². The van der Waals surface area contributed by atoms with Crippen molar-refractivity contribution >= 4 is 11.8 Å². The number of aromatic nitrogens is 2. The number of hydrogen-bond acceptors (Lipinski definition) is 4. The highest BCUT2D eigenvalue weighted by atomic mass is 19.1. The molecule has 0 bridgehead atoms. The van der Waals surface area contributed by atoms with E-state index < -0.39 is 5.72 Å². The Morgan fingerprint density at radius 2 is 2.03 bits per heavy atom. The molecule has 3 saturated heterocycles. The van der Waals surface area contributed by atoms with E-state index in [1.807, 2.05) is 35.2 Å². The van der Waals surface area contributed by atoms with Gasteiger partial charge in [-0.05, 0) is 17.7 Å². The van der Waals surface area contributed by atoms with Crippen molar-refractivity contribution in [1.82, 2.24) is 20.0 Å². The summed E-state index contributed by atoms with van der Waals surface area (Å²) in [7, 11) is 0. The van der Waals surface area contributed by atoms with E-state index in [4.69, 9.17) is 4.74 Å². The summed E-state index contributed by atoms with van der Waals surface area (Å²) in [5, 5.41) is 6.86. The molecule has 8 heteroatoms. The lowest BCUT2D eigenvalue weighted by molar-refractivity contribution is -0.138. The Morgan fingerprint density at radius 1 is 1.19 bits per heavy atom. The number of carbonyl (C=O) groups excluding carboxylic acids is 2. The van der Waals surface area contributed by atoms with Gasteiger partial charge in [-0.3, -0.25) is 14.7 Å². The molecule has 162 valence electrons. The first-order valence-corrected chi connectivity index (χ1v) is 10.7. The second kappa shape index (κ2) is 7.00. The maximum atomic E-state index is 13.7. The number of ether oxygens (including phenoxy) is 1. The number of nitrogens with one attached hydrogen (secondary N) is 1. The number of rotatable bonds is 3. The van der Waals surface area contributed by atoms with Crippen LogP contribution in [-0.2, 0) is 9.53 Å². The van der Waals surface area contributed by atoms with Crippen LogP contribution in [0.5, 0.6) is 0 Å². The van der Waals surface area contributed by atoms with E-state index in [2.05, 4.69) is 10.2 Å². The van der Waals surface area contributed by atoms with Crippen LogP contribution in [0.4, 0.5) is 4.39 Å². The normalized spacial score (nSPS) is 26.5. The van der Waals surface area contributed by atoms with Crippen molar-refractivity contribution in [2.24, 2.45) is 0 Å². The third-order valence-electron chi connectivity index (χ3n) is 6.88. The minimum absolute atomic E-state index is 0.00333. The third kappa shape index (κ3) is 2.65. The first-order valence-electron chi connectivity index (χ1n) is 10.7. The number of aromatic amines is 1. The van der Waals surface area contributed by atoms with Crippen LogP contribution >= 0.6 is 0 Å². The zero-order chi connectivity index (χ0) is 21.9. The van der Waals surface area contributed by atoms with Crippen molar-refractivity contribution < 1.29 is 18.7 Å². The Morgan fingerprint density at radius 3 is 2.84 bits per heavy atom. The topological polar surface area (TPSA) is 78.5 Å². The van der Waals surface area contributed by atoms with Crippen molar-refractivity contribution in [1.29, 1.82) is 0 Å². The second-order valence-corrected chi connectivity index (χ2v) is 8.48. The first kappa shape index (κ1) is 19.2. The molecule has 0 unspecified atom stereocenters. The molecule has 3 atom stereocenters. The maximum absolute atomic E-state index is 13.7. The number of halogens is 1. The maximum Gasteiger partial charge on any atom is 0.258 e. The van der Waals surface area contributed by atoms with Gasteiger partial charge in [-0.25, -0.2) is 4.39 Å². The summed E-state index contributed by atoms with van der Waals surface area (Å²) in [5.41, 5.74) is 1.61. The Bertz CT molecular complexity index is 1210. The van der Waals surface area contributed by atoms with Crippen molar-refractivity contribution in [3.05, 3.63) is 77.7 Å². The molecule has 4 heterocycles. The highest BCUT2D eigenvalue weighted by Crippen LogP contribution is 2.51. The number of carbonyl (C=O) groups is 2. The molecule has 0 aliphatic carbocycles. The summed E-state index contributed by atoms with van der Waals surface area (Å²) in [4.78, 5) is 30.2. The van der Waals surface area contributed by atoms with Gasteiger partial charge in [0.05, 0.1) is 42.6 Å². The minimum atomic E-state index is -0.796. The third-order valence-corrected chi connectivity index (χ3v) is 6.88. The molecule has 1 N–H and O–H groups in total. The van der Waals surface area contributed by atoms with E-state index in [0.29, 0.717) is 36.4 Å². The molecule has 6 rings (SSSR count). The molecule has 3 aliphatic rings. The highest BCUT2D eigenvalue weighted by Gasteiger charge is 2.65. The highest BCUT2D eigenvalue weighted by molar-refractivity contribution is 6.00. The van der Waals surface area contributed by atoms with Crippen LogP contribution in [0.3, 0.4) is 0 Å². The fourth-order valence-electron chi connectivity index (χ4n) is 5.48. The molecule has 1 aromatic heterocycles. The lowest BCUT2D eigenvalue weighted by Gasteiger charge is -2.33. The predicted molar refractivity (Wildman–Crippen MR) is 113 cm³/mol. The Hall–Kier alpha value is -3.52. The van der Waals surface area contributed by atoms with Gasteiger partial charge in [-0.2, -0.15) is 5.10 Å². The summed E-state index contributed by atoms with van der Waals surface area (Å²) in [6, 6.07) is 15.4. The van der Waals surface area contributed by atoms with Gasteiger partial charge in [0.25, 0.3) is 5.91 Å². The molecule has 3 fully saturated rings. The van der Waals surface area contributed by atoms with E-state index in [1.165, 1.54) is 18.3 Å². The summed E-state index contributed by atoms with van der Waals surface area (Å²) in [6.07, 6.45) is 2.25. The van der Waals surface area contributed by atoms with Crippen LogP contribution in [0.15, 0.2) is 60.8 Å². The van der Waals surface area contributed by atoms with Crippen molar-refractivity contribution in [3.8, 4) is 11.3 Å². The Kier molecular flexibility index (Phi) is 4.19. The molecule has 0 radical (unpaired) electrons. The van der Waals surface area contributed by atoms with E-state index in [1.54, 1.807) is 17.0 Å². The number of H-pyrrole nitrogens is 1. The molecule has 3 aliphatic heterocycles. The summed E-state index contributed by atoms with van der Waals surface area (Å²) >= 11 is 0. The van der Waals surface area contributed by atoms with E-state index >= 15 is 0 Å². The van der Waals surface area contributed by atoms with E-state index in [-0.39, 0.29) is 36.1 Å². The summed E-state index contributed by atoms with van der Waals surface area (Å²) in [5.74, 6) is -0.628. The monoisotopic (exact) mass is 432 g/mol. The van der Waals surface area contributed by atoms with Crippen LogP contribution in [0, 0.1) is 5.82 Å². The SMILES string of the molecule is O=C(c1cn[nH]c1-c1cccc(F)c1)N1CC[C@@]23OC[C@@H](c4ccccc4)N2C(=O)C[C@@H]13. The number of hydrogen-bond donors (Lipinski definition) is 1. The molecule has 2 amide bonds. The standard InChI is InChI=1S/C24H21FN4O3/c25-17-8-4-7-16(11-17)22-18(13-26-27-22)23(31)28-10-9-24-20(28)12-21(30)29(24)19(14-32-24)15-5-2-1-3-6-15/h1-8,11,13,19-20H,9-10,12,14H2,(H,26,27)/t19-,20+,24-/m0/s1. The molecular weight excluding hydrogens is 411 g/mol. The van der Waals surface area contributed by atoms with Crippen molar-refractivity contribution in [2.75, 3.05) is 13.2 Å². The molecule has 32 heavy (non-hydrogen) atoms. The minimum Gasteiger partial charge on any atom is -0.351 e.